The van der Waals surface area contributed by atoms with Crippen LogP contribution in [0.1, 0.15) is 49.0 Å². The second kappa shape index (κ2) is 6.96. The molecule has 1 N–H and O–H groups in total. The van der Waals surface area contributed by atoms with Gasteiger partial charge in [-0.05, 0) is 37.9 Å². The Kier molecular flexibility index (Phi) is 4.67. The van der Waals surface area contributed by atoms with E-state index in [1.165, 1.54) is 21.9 Å². The van der Waals surface area contributed by atoms with Crippen molar-refractivity contribution in [2.45, 2.75) is 39.2 Å². The maximum absolute atomic E-state index is 14.6. The summed E-state index contributed by atoms with van der Waals surface area (Å²) in [6.07, 6.45) is 2.86. The number of hydrogen-bond donors (Lipinski definition) is 1. The molecular formula is C19H23FN4OS. The number of fused-ring (bicyclic) bond motifs is 1. The Morgan fingerprint density at radius 3 is 2.69 bits per heavy atom. The molecule has 1 saturated heterocycles. The fourth-order valence-electron chi connectivity index (χ4n) is 3.61. The van der Waals surface area contributed by atoms with Crippen molar-refractivity contribution in [3.63, 3.8) is 0 Å². The van der Waals surface area contributed by atoms with Crippen molar-refractivity contribution < 1.29 is 9.50 Å². The molecule has 0 unspecified atom stereocenters. The molecule has 138 valence electrons. The van der Waals surface area contributed by atoms with Crippen molar-refractivity contribution in [3.8, 4) is 5.88 Å². The number of nitrogens with zero attached hydrogens (tertiary/aromatic N) is 4. The summed E-state index contributed by atoms with van der Waals surface area (Å²) in [7, 11) is 0. The third-order valence-electron chi connectivity index (χ3n) is 5.19. The highest BCUT2D eigenvalue weighted by Gasteiger charge is 2.32. The molecule has 3 aromatic rings. The molecule has 4 rings (SSSR count). The average molecular weight is 374 g/mol. The molecule has 2 aromatic heterocycles. The van der Waals surface area contributed by atoms with Gasteiger partial charge in [-0.25, -0.2) is 9.37 Å². The summed E-state index contributed by atoms with van der Waals surface area (Å²) in [6.45, 7) is 6.00. The molecular weight excluding hydrogens is 351 g/mol. The van der Waals surface area contributed by atoms with E-state index in [-0.39, 0.29) is 17.7 Å². The number of benzene rings is 1. The number of aromatic nitrogens is 3. The van der Waals surface area contributed by atoms with Crippen molar-refractivity contribution in [2.75, 3.05) is 13.1 Å². The molecule has 1 fully saturated rings. The van der Waals surface area contributed by atoms with Crippen LogP contribution in [0.15, 0.2) is 24.3 Å². The SMILES string of the molecule is CCc1nc2sc([C@H](c3ccccc3F)N3CCC(C)CC3)c(O)n2n1. The van der Waals surface area contributed by atoms with E-state index in [0.717, 1.165) is 25.9 Å². The zero-order valence-corrected chi connectivity index (χ0v) is 15.8. The average Bonchev–Trinajstić information content (AvgIpc) is 3.18. The third-order valence-corrected chi connectivity index (χ3v) is 6.26. The number of thiazole rings is 1. The van der Waals surface area contributed by atoms with E-state index in [1.807, 2.05) is 19.1 Å². The first-order chi connectivity index (χ1) is 12.6. The molecule has 1 aliphatic rings. The van der Waals surface area contributed by atoms with Crippen molar-refractivity contribution in [2.24, 2.45) is 5.92 Å². The van der Waals surface area contributed by atoms with Crippen LogP contribution in [0.5, 0.6) is 5.88 Å². The van der Waals surface area contributed by atoms with Gasteiger partial charge in [0.25, 0.3) is 0 Å². The summed E-state index contributed by atoms with van der Waals surface area (Å²) in [6, 6.07) is 6.52. The first kappa shape index (κ1) is 17.4. The summed E-state index contributed by atoms with van der Waals surface area (Å²) in [5.74, 6) is 1.20. The Bertz CT molecular complexity index is 914. The number of aryl methyl sites for hydroxylation is 1. The Morgan fingerprint density at radius 2 is 2.04 bits per heavy atom. The maximum Gasteiger partial charge on any atom is 0.230 e. The van der Waals surface area contributed by atoms with Gasteiger partial charge >= 0.3 is 0 Å². The topological polar surface area (TPSA) is 53.7 Å². The standard InChI is InChI=1S/C19H23FN4OS/c1-3-15-21-19-24(22-15)18(25)17(26-19)16(13-6-4-5-7-14(13)20)23-10-8-12(2)9-11-23/h4-7,12,16,25H,3,8-11H2,1-2H3/t16-/m0/s1. The highest BCUT2D eigenvalue weighted by Crippen LogP contribution is 2.41. The summed E-state index contributed by atoms with van der Waals surface area (Å²) in [4.78, 5) is 8.10. The molecule has 0 radical (unpaired) electrons. The normalized spacial score (nSPS) is 17.8. The fraction of sp³-hybridized carbons (Fsp3) is 0.474. The van der Waals surface area contributed by atoms with Gasteiger partial charge in [-0.2, -0.15) is 4.52 Å². The third kappa shape index (κ3) is 2.99. The highest BCUT2D eigenvalue weighted by molar-refractivity contribution is 7.17. The number of halogens is 1. The van der Waals surface area contributed by atoms with Crippen LogP contribution in [-0.4, -0.2) is 37.7 Å². The molecule has 1 aliphatic heterocycles. The van der Waals surface area contributed by atoms with Gasteiger partial charge in [0.15, 0.2) is 5.82 Å². The second-order valence-corrected chi connectivity index (χ2v) is 8.02. The molecule has 5 nitrogen and oxygen atoms in total. The monoisotopic (exact) mass is 374 g/mol. The Hall–Kier alpha value is -1.99. The van der Waals surface area contributed by atoms with Gasteiger partial charge in [0, 0.05) is 12.0 Å². The number of rotatable bonds is 4. The summed E-state index contributed by atoms with van der Waals surface area (Å²) >= 11 is 1.40. The lowest BCUT2D eigenvalue weighted by atomic mass is 9.95. The van der Waals surface area contributed by atoms with E-state index in [1.54, 1.807) is 6.07 Å². The Morgan fingerprint density at radius 1 is 1.31 bits per heavy atom. The van der Waals surface area contributed by atoms with Gasteiger partial charge in [0.2, 0.25) is 10.8 Å². The quantitative estimate of drug-likeness (QED) is 0.749. The van der Waals surface area contributed by atoms with Crippen LogP contribution in [0.4, 0.5) is 4.39 Å². The molecule has 0 bridgehead atoms. The van der Waals surface area contributed by atoms with Crippen LogP contribution in [0.25, 0.3) is 4.96 Å². The summed E-state index contributed by atoms with van der Waals surface area (Å²) < 4.78 is 16.1. The van der Waals surface area contributed by atoms with E-state index in [2.05, 4.69) is 21.9 Å². The van der Waals surface area contributed by atoms with Crippen LogP contribution in [-0.2, 0) is 6.42 Å². The van der Waals surface area contributed by atoms with E-state index in [9.17, 15) is 9.50 Å². The smallest absolute Gasteiger partial charge is 0.230 e. The van der Waals surface area contributed by atoms with E-state index in [0.29, 0.717) is 33.6 Å². The number of piperidine rings is 1. The lowest BCUT2D eigenvalue weighted by molar-refractivity contribution is 0.155. The minimum atomic E-state index is -0.317. The second-order valence-electron chi connectivity index (χ2n) is 7.01. The maximum atomic E-state index is 14.6. The number of hydrogen-bond acceptors (Lipinski definition) is 5. The van der Waals surface area contributed by atoms with Gasteiger partial charge in [-0.15, -0.1) is 5.10 Å². The molecule has 1 atom stereocenters. The van der Waals surface area contributed by atoms with Crippen molar-refractivity contribution >= 4 is 16.3 Å². The van der Waals surface area contributed by atoms with Gasteiger partial charge in [-0.3, -0.25) is 4.90 Å². The van der Waals surface area contributed by atoms with Crippen molar-refractivity contribution in [3.05, 3.63) is 46.3 Å². The molecule has 0 spiro atoms. The van der Waals surface area contributed by atoms with Crippen molar-refractivity contribution in [1.82, 2.24) is 19.5 Å². The van der Waals surface area contributed by atoms with Crippen LogP contribution in [0, 0.1) is 11.7 Å². The first-order valence-corrected chi connectivity index (χ1v) is 9.96. The summed E-state index contributed by atoms with van der Waals surface area (Å²) in [5.41, 5.74) is 0.595. The molecule has 26 heavy (non-hydrogen) atoms. The van der Waals surface area contributed by atoms with Crippen LogP contribution in [0.3, 0.4) is 0 Å². The fourth-order valence-corrected chi connectivity index (χ4v) is 4.73. The largest absolute Gasteiger partial charge is 0.492 e. The number of aromatic hydroxyl groups is 1. The van der Waals surface area contributed by atoms with Gasteiger partial charge in [0.05, 0.1) is 10.9 Å². The molecule has 0 amide bonds. The van der Waals surface area contributed by atoms with E-state index >= 15 is 0 Å². The minimum absolute atomic E-state index is 0.0732. The molecule has 1 aromatic carbocycles. The van der Waals surface area contributed by atoms with Gasteiger partial charge < -0.3 is 5.11 Å². The van der Waals surface area contributed by atoms with Crippen LogP contribution >= 0.6 is 11.3 Å². The van der Waals surface area contributed by atoms with E-state index in [4.69, 9.17) is 0 Å². The van der Waals surface area contributed by atoms with Crippen LogP contribution in [0.2, 0.25) is 0 Å². The van der Waals surface area contributed by atoms with Gasteiger partial charge in [-0.1, -0.05) is 43.4 Å². The molecule has 0 saturated carbocycles. The number of likely N-dealkylation sites (tertiary alicyclic amines) is 1. The minimum Gasteiger partial charge on any atom is -0.492 e. The zero-order valence-electron chi connectivity index (χ0n) is 15.0. The van der Waals surface area contributed by atoms with Crippen LogP contribution < -0.4 is 0 Å². The Labute approximate surface area is 156 Å². The lowest BCUT2D eigenvalue weighted by Gasteiger charge is -2.36. The Balaban J connectivity index is 1.81. The lowest BCUT2D eigenvalue weighted by Crippen LogP contribution is -2.36. The predicted molar refractivity (Wildman–Crippen MR) is 100 cm³/mol. The van der Waals surface area contributed by atoms with Gasteiger partial charge in [0.1, 0.15) is 5.82 Å². The zero-order chi connectivity index (χ0) is 18.3. The highest BCUT2D eigenvalue weighted by atomic mass is 32.1. The predicted octanol–water partition coefficient (Wildman–Crippen LogP) is 4.02. The summed E-state index contributed by atoms with van der Waals surface area (Å²) in [5, 5.41) is 15.2. The molecule has 0 aliphatic carbocycles. The van der Waals surface area contributed by atoms with Crippen molar-refractivity contribution in [1.29, 1.82) is 0 Å². The molecule has 3 heterocycles. The van der Waals surface area contributed by atoms with E-state index < -0.39 is 0 Å². The molecule has 7 heteroatoms. The first-order valence-electron chi connectivity index (χ1n) is 9.14.